The van der Waals surface area contributed by atoms with Gasteiger partial charge in [-0.3, -0.25) is 0 Å². The summed E-state index contributed by atoms with van der Waals surface area (Å²) in [5.74, 6) is 1.87. The van der Waals surface area contributed by atoms with Crippen LogP contribution in [0.15, 0.2) is 35.3 Å². The van der Waals surface area contributed by atoms with Gasteiger partial charge in [-0.2, -0.15) is 0 Å². The van der Waals surface area contributed by atoms with E-state index in [4.69, 9.17) is 22.3 Å². The number of nitrogens with zero attached hydrogens (tertiary/aromatic N) is 2. The predicted molar refractivity (Wildman–Crippen MR) is 89.1 cm³/mol. The Hall–Kier alpha value is -1.26. The van der Waals surface area contributed by atoms with Crippen molar-refractivity contribution < 1.29 is 0 Å². The minimum Gasteiger partial charge on any atom is -0.383 e. The van der Waals surface area contributed by atoms with E-state index in [2.05, 4.69) is 36.4 Å². The summed E-state index contributed by atoms with van der Waals surface area (Å²) >= 11 is 9.60. The van der Waals surface area contributed by atoms with Gasteiger partial charge in [-0.25, -0.2) is 4.98 Å². The summed E-state index contributed by atoms with van der Waals surface area (Å²) in [7, 11) is 0. The Balaban J connectivity index is 2.65. The van der Waals surface area contributed by atoms with Crippen molar-refractivity contribution in [2.24, 2.45) is 0 Å². The second-order valence-corrected chi connectivity index (χ2v) is 6.17. The molecule has 5 heteroatoms. The number of benzene rings is 1. The topological polar surface area (TPSA) is 43.8 Å². The lowest BCUT2D eigenvalue weighted by atomic mass is 10.1. The SMILES string of the molecule is C=CCn1c(C(C)C)nc(-c2cc(Cl)ccc2Br)c1N. The number of anilines is 1. The highest BCUT2D eigenvalue weighted by Gasteiger charge is 2.19. The van der Waals surface area contributed by atoms with Crippen molar-refractivity contribution in [2.75, 3.05) is 5.73 Å². The van der Waals surface area contributed by atoms with Gasteiger partial charge in [0, 0.05) is 27.5 Å². The molecular weight excluding hydrogens is 338 g/mol. The van der Waals surface area contributed by atoms with Gasteiger partial charge in [-0.15, -0.1) is 6.58 Å². The van der Waals surface area contributed by atoms with Crippen molar-refractivity contribution >= 4 is 33.3 Å². The molecule has 1 aromatic heterocycles. The van der Waals surface area contributed by atoms with Crippen LogP contribution in [-0.2, 0) is 6.54 Å². The summed E-state index contributed by atoms with van der Waals surface area (Å²) < 4.78 is 2.91. The smallest absolute Gasteiger partial charge is 0.132 e. The van der Waals surface area contributed by atoms with Crippen molar-refractivity contribution in [2.45, 2.75) is 26.3 Å². The van der Waals surface area contributed by atoms with Crippen LogP contribution in [0.25, 0.3) is 11.3 Å². The van der Waals surface area contributed by atoms with Crippen LogP contribution in [0.5, 0.6) is 0 Å². The normalized spacial score (nSPS) is 11.1. The van der Waals surface area contributed by atoms with Crippen LogP contribution < -0.4 is 5.73 Å². The molecule has 1 heterocycles. The number of nitrogen functional groups attached to an aromatic ring is 1. The molecule has 0 spiro atoms. The number of rotatable bonds is 4. The van der Waals surface area contributed by atoms with Gasteiger partial charge in [0.1, 0.15) is 17.3 Å². The minimum absolute atomic E-state index is 0.281. The van der Waals surface area contributed by atoms with E-state index < -0.39 is 0 Å². The Labute approximate surface area is 132 Å². The lowest BCUT2D eigenvalue weighted by Gasteiger charge is -2.09. The van der Waals surface area contributed by atoms with Crippen LogP contribution >= 0.6 is 27.5 Å². The molecule has 2 rings (SSSR count). The van der Waals surface area contributed by atoms with Crippen LogP contribution in [0.3, 0.4) is 0 Å². The number of allylic oxidation sites excluding steroid dienone is 1. The van der Waals surface area contributed by atoms with E-state index >= 15 is 0 Å². The number of halogens is 2. The van der Waals surface area contributed by atoms with Gasteiger partial charge in [0.15, 0.2) is 0 Å². The fourth-order valence-corrected chi connectivity index (χ4v) is 2.73. The lowest BCUT2D eigenvalue weighted by molar-refractivity contribution is 0.684. The Morgan fingerprint density at radius 3 is 2.80 bits per heavy atom. The second-order valence-electron chi connectivity index (χ2n) is 4.88. The molecule has 0 bridgehead atoms. The van der Waals surface area contributed by atoms with E-state index in [0.29, 0.717) is 17.4 Å². The maximum absolute atomic E-state index is 6.27. The zero-order valence-corrected chi connectivity index (χ0v) is 13.9. The number of hydrogen-bond acceptors (Lipinski definition) is 2. The van der Waals surface area contributed by atoms with Gasteiger partial charge in [0.2, 0.25) is 0 Å². The Morgan fingerprint density at radius 1 is 1.50 bits per heavy atom. The van der Waals surface area contributed by atoms with Crippen molar-refractivity contribution in [3.8, 4) is 11.3 Å². The minimum atomic E-state index is 0.281. The lowest BCUT2D eigenvalue weighted by Crippen LogP contribution is -2.07. The van der Waals surface area contributed by atoms with Crippen molar-refractivity contribution in [1.82, 2.24) is 9.55 Å². The third kappa shape index (κ3) is 2.76. The largest absolute Gasteiger partial charge is 0.383 e. The third-order valence-corrected chi connectivity index (χ3v) is 3.97. The molecule has 0 atom stereocenters. The maximum Gasteiger partial charge on any atom is 0.132 e. The molecule has 0 saturated carbocycles. The molecule has 0 aliphatic carbocycles. The van der Waals surface area contributed by atoms with Gasteiger partial charge >= 0.3 is 0 Å². The first-order valence-electron chi connectivity index (χ1n) is 6.38. The van der Waals surface area contributed by atoms with Gasteiger partial charge in [0.05, 0.1) is 0 Å². The van der Waals surface area contributed by atoms with Gasteiger partial charge < -0.3 is 10.3 Å². The molecular formula is C15H17BrClN3. The summed E-state index contributed by atoms with van der Waals surface area (Å²) in [5.41, 5.74) is 7.92. The zero-order valence-electron chi connectivity index (χ0n) is 11.5. The van der Waals surface area contributed by atoms with E-state index in [-0.39, 0.29) is 5.92 Å². The molecule has 0 amide bonds. The van der Waals surface area contributed by atoms with Gasteiger partial charge in [0.25, 0.3) is 0 Å². The fraction of sp³-hybridized carbons (Fsp3) is 0.267. The summed E-state index contributed by atoms with van der Waals surface area (Å²) in [5, 5.41) is 0.659. The molecule has 106 valence electrons. The van der Waals surface area contributed by atoms with Gasteiger partial charge in [-0.05, 0) is 18.2 Å². The summed E-state index contributed by atoms with van der Waals surface area (Å²) in [6.07, 6.45) is 1.82. The number of nitrogens with two attached hydrogens (primary N) is 1. The molecule has 20 heavy (non-hydrogen) atoms. The molecule has 0 radical (unpaired) electrons. The maximum atomic E-state index is 6.27. The third-order valence-electron chi connectivity index (χ3n) is 3.05. The van der Waals surface area contributed by atoms with E-state index in [9.17, 15) is 0 Å². The first-order valence-corrected chi connectivity index (χ1v) is 7.55. The molecule has 0 fully saturated rings. The molecule has 0 saturated heterocycles. The molecule has 2 N–H and O–H groups in total. The summed E-state index contributed by atoms with van der Waals surface area (Å²) in [4.78, 5) is 4.70. The standard InChI is InChI=1S/C15H17BrClN3/c1-4-7-20-14(18)13(19-15(20)9(2)3)11-8-10(17)5-6-12(11)16/h4-6,8-9H,1,7,18H2,2-3H3. The highest BCUT2D eigenvalue weighted by Crippen LogP contribution is 2.35. The molecule has 0 aliphatic heterocycles. The van der Waals surface area contributed by atoms with Crippen LogP contribution in [0.1, 0.15) is 25.6 Å². The van der Waals surface area contributed by atoms with E-state index in [0.717, 1.165) is 21.6 Å². The van der Waals surface area contributed by atoms with Crippen LogP contribution in [-0.4, -0.2) is 9.55 Å². The number of imidazole rings is 1. The zero-order chi connectivity index (χ0) is 14.9. The van der Waals surface area contributed by atoms with Crippen molar-refractivity contribution in [3.63, 3.8) is 0 Å². The van der Waals surface area contributed by atoms with Crippen LogP contribution in [0, 0.1) is 0 Å². The average molecular weight is 355 g/mol. The van der Waals surface area contributed by atoms with Crippen LogP contribution in [0.4, 0.5) is 5.82 Å². The first-order chi connectivity index (χ1) is 9.45. The Bertz CT molecular complexity index is 647. The monoisotopic (exact) mass is 353 g/mol. The fourth-order valence-electron chi connectivity index (χ4n) is 2.12. The van der Waals surface area contributed by atoms with Crippen molar-refractivity contribution in [1.29, 1.82) is 0 Å². The molecule has 3 nitrogen and oxygen atoms in total. The Kier molecular flexibility index (Phi) is 4.55. The average Bonchev–Trinajstić information content (AvgIpc) is 2.71. The van der Waals surface area contributed by atoms with Gasteiger partial charge in [-0.1, -0.05) is 47.5 Å². The highest BCUT2D eigenvalue weighted by atomic mass is 79.9. The van der Waals surface area contributed by atoms with E-state index in [1.54, 1.807) is 0 Å². The summed E-state index contributed by atoms with van der Waals surface area (Å²) in [6.45, 7) is 8.61. The molecule has 0 aliphatic rings. The quantitative estimate of drug-likeness (QED) is 0.797. The second kappa shape index (κ2) is 6.02. The van der Waals surface area contributed by atoms with E-state index in [1.165, 1.54) is 0 Å². The highest BCUT2D eigenvalue weighted by molar-refractivity contribution is 9.10. The number of aromatic nitrogens is 2. The molecule has 0 unspecified atom stereocenters. The van der Waals surface area contributed by atoms with E-state index in [1.807, 2.05) is 28.8 Å². The molecule has 1 aromatic carbocycles. The molecule has 2 aromatic rings. The first kappa shape index (κ1) is 15.1. The Morgan fingerprint density at radius 2 is 2.20 bits per heavy atom. The summed E-state index contributed by atoms with van der Waals surface area (Å²) in [6, 6.07) is 5.60. The van der Waals surface area contributed by atoms with Crippen molar-refractivity contribution in [3.05, 3.63) is 46.2 Å². The number of hydrogen-bond donors (Lipinski definition) is 1. The van der Waals surface area contributed by atoms with Crippen LogP contribution in [0.2, 0.25) is 5.02 Å². The predicted octanol–water partition coefficient (Wildman–Crippen LogP) is 4.86.